The number of hydrogen-bond acceptors (Lipinski definition) is 8. The third kappa shape index (κ3) is 5.07. The molecule has 0 saturated carbocycles. The first-order valence-corrected chi connectivity index (χ1v) is 12.2. The van der Waals surface area contributed by atoms with Crippen molar-refractivity contribution in [1.29, 1.82) is 0 Å². The number of amides is 1. The lowest BCUT2D eigenvalue weighted by Crippen LogP contribution is -2.51. The Labute approximate surface area is 204 Å². The minimum atomic E-state index is -0.00590. The number of fused-ring (bicyclic) bond motifs is 8. The first kappa shape index (κ1) is 23.1. The number of H-pyrrole nitrogens is 1. The number of ether oxygens (including phenoxy) is 1. The number of rotatable bonds is 2. The highest BCUT2D eigenvalue weighted by atomic mass is 16.5. The molecule has 6 rings (SSSR count). The van der Waals surface area contributed by atoms with E-state index in [0.717, 1.165) is 43.2 Å². The molecular formula is C25H31N7O3. The lowest BCUT2D eigenvalue weighted by molar-refractivity contribution is -0.132. The molecule has 2 aromatic heterocycles. The van der Waals surface area contributed by atoms with Crippen LogP contribution in [0.4, 0.5) is 11.5 Å². The highest BCUT2D eigenvalue weighted by Crippen LogP contribution is 2.32. The first-order valence-electron chi connectivity index (χ1n) is 12.2. The van der Waals surface area contributed by atoms with Gasteiger partial charge in [0.2, 0.25) is 5.91 Å². The van der Waals surface area contributed by atoms with Crippen molar-refractivity contribution in [3.63, 3.8) is 0 Å². The minimum absolute atomic E-state index is 0.00590. The summed E-state index contributed by atoms with van der Waals surface area (Å²) in [6, 6.07) is 7.57. The van der Waals surface area contributed by atoms with E-state index in [4.69, 9.17) is 4.74 Å². The maximum atomic E-state index is 13.1. The van der Waals surface area contributed by atoms with Gasteiger partial charge in [0, 0.05) is 45.0 Å². The van der Waals surface area contributed by atoms with Crippen LogP contribution >= 0.6 is 0 Å². The third-order valence-corrected chi connectivity index (χ3v) is 6.47. The molecule has 3 aliphatic heterocycles. The number of nitrogens with one attached hydrogen (secondary N) is 1. The third-order valence-electron chi connectivity index (χ3n) is 6.47. The zero-order chi connectivity index (χ0) is 24.2. The Bertz CT molecular complexity index is 1220. The number of nitrogens with zero attached hydrogens (tertiary/aromatic N) is 6. The predicted molar refractivity (Wildman–Crippen MR) is 135 cm³/mol. The number of carbonyl (C=O) groups excluding carboxylic acids is 1. The smallest absolute Gasteiger partial charge is 0.236 e. The van der Waals surface area contributed by atoms with Crippen LogP contribution in [0.3, 0.4) is 0 Å². The highest BCUT2D eigenvalue weighted by Gasteiger charge is 2.26. The molecule has 1 amide bonds. The second-order valence-electron chi connectivity index (χ2n) is 8.91. The average molecular weight is 478 g/mol. The van der Waals surface area contributed by atoms with Gasteiger partial charge < -0.3 is 24.6 Å². The number of benzene rings is 1. The Morgan fingerprint density at radius 2 is 1.94 bits per heavy atom. The van der Waals surface area contributed by atoms with E-state index in [1.54, 1.807) is 6.21 Å². The molecule has 4 bridgehead atoms. The zero-order valence-corrected chi connectivity index (χ0v) is 20.0. The molecule has 0 unspecified atom stereocenters. The van der Waals surface area contributed by atoms with Gasteiger partial charge in [-0.25, -0.2) is 9.97 Å². The molecule has 5 heterocycles. The lowest BCUT2D eigenvalue weighted by Gasteiger charge is -2.36. The molecule has 1 fully saturated rings. The van der Waals surface area contributed by atoms with Gasteiger partial charge in [-0.2, -0.15) is 0 Å². The number of carbonyl (C=O) groups is 1. The number of aromatic amines is 1. The molecule has 3 aromatic rings. The van der Waals surface area contributed by atoms with Crippen LogP contribution in [-0.2, 0) is 4.79 Å². The van der Waals surface area contributed by atoms with E-state index in [-0.39, 0.29) is 11.8 Å². The van der Waals surface area contributed by atoms with Crippen LogP contribution in [0.5, 0.6) is 11.6 Å². The van der Waals surface area contributed by atoms with E-state index in [2.05, 4.69) is 36.7 Å². The van der Waals surface area contributed by atoms with Crippen molar-refractivity contribution in [2.75, 3.05) is 57.3 Å². The van der Waals surface area contributed by atoms with E-state index in [0.29, 0.717) is 55.9 Å². The van der Waals surface area contributed by atoms with E-state index < -0.39 is 0 Å². The minimum Gasteiger partial charge on any atom is -0.494 e. The van der Waals surface area contributed by atoms with E-state index in [1.165, 1.54) is 6.33 Å². The van der Waals surface area contributed by atoms with Gasteiger partial charge >= 0.3 is 0 Å². The highest BCUT2D eigenvalue weighted by molar-refractivity contribution is 6.06. The summed E-state index contributed by atoms with van der Waals surface area (Å²) in [5.41, 5.74) is 1.80. The Morgan fingerprint density at radius 1 is 1.11 bits per heavy atom. The molecule has 0 atom stereocenters. The number of aliphatic imine (C=N–C) groups is 1. The van der Waals surface area contributed by atoms with Crippen LogP contribution in [0.1, 0.15) is 25.3 Å². The zero-order valence-electron chi connectivity index (χ0n) is 20.0. The summed E-state index contributed by atoms with van der Waals surface area (Å²) in [5.74, 6) is 1.61. The van der Waals surface area contributed by atoms with E-state index in [9.17, 15) is 9.90 Å². The average Bonchev–Trinajstić information content (AvgIpc) is 3.20. The molecule has 10 nitrogen and oxygen atoms in total. The molecule has 0 spiro atoms. The first-order chi connectivity index (χ1) is 17.1. The molecule has 10 heteroatoms. The van der Waals surface area contributed by atoms with Crippen LogP contribution in [0.15, 0.2) is 35.6 Å². The Kier molecular flexibility index (Phi) is 6.80. The van der Waals surface area contributed by atoms with Crippen LogP contribution in [0.25, 0.3) is 11.0 Å². The van der Waals surface area contributed by atoms with Gasteiger partial charge in [-0.05, 0) is 31.5 Å². The molecular weight excluding hydrogens is 446 g/mol. The second-order valence-corrected chi connectivity index (χ2v) is 8.91. The molecule has 1 saturated heterocycles. The van der Waals surface area contributed by atoms with Crippen LogP contribution in [0, 0.1) is 0 Å². The number of piperazine rings is 1. The summed E-state index contributed by atoms with van der Waals surface area (Å²) < 4.78 is 5.96. The molecule has 0 radical (unpaired) electrons. The van der Waals surface area contributed by atoms with E-state index >= 15 is 0 Å². The maximum absolute atomic E-state index is 13.1. The normalized spacial score (nSPS) is 17.8. The Hall–Kier alpha value is -3.66. The molecule has 0 aliphatic carbocycles. The van der Waals surface area contributed by atoms with Crippen molar-refractivity contribution in [2.45, 2.75) is 19.8 Å². The fourth-order valence-corrected chi connectivity index (χ4v) is 4.70. The van der Waals surface area contributed by atoms with Crippen molar-refractivity contribution >= 4 is 34.7 Å². The molecule has 2 N–H and O–H groups in total. The van der Waals surface area contributed by atoms with Crippen LogP contribution in [0.2, 0.25) is 0 Å². The van der Waals surface area contributed by atoms with Crippen molar-refractivity contribution < 1.29 is 14.6 Å². The Morgan fingerprint density at radius 3 is 2.77 bits per heavy atom. The quantitative estimate of drug-likeness (QED) is 0.584. The summed E-state index contributed by atoms with van der Waals surface area (Å²) in [6.07, 6.45) is 4.96. The number of aromatic hydroxyl groups is 1. The lowest BCUT2D eigenvalue weighted by atomic mass is 10.2. The van der Waals surface area contributed by atoms with Gasteiger partial charge in [0.1, 0.15) is 23.5 Å². The monoisotopic (exact) mass is 477 g/mol. The standard InChI is InChI=1S/C25H31N7O3/c1-2-7-30-8-4-13-35-19-6-3-5-18(14-19)26-15-20-22-23(29-25(20)34)27-17-28-24(22)32-11-9-31(10-12-32)21(33)16-30/h3,5-6,14-15,17,34H,2,4,7-13,16H2,1H3,(H,27,28,29). The van der Waals surface area contributed by atoms with Gasteiger partial charge in [0.25, 0.3) is 0 Å². The summed E-state index contributed by atoms with van der Waals surface area (Å²) in [6.45, 7) is 7.37. The number of anilines is 1. The SMILES string of the molecule is CCCN1CCCOc2cccc(c2)N=Cc2c(O)[nH]c3ncnc(c23)N2CCN(CC2)C(=O)C1. The van der Waals surface area contributed by atoms with Crippen LogP contribution in [-0.4, -0.2) is 94.4 Å². The maximum Gasteiger partial charge on any atom is 0.236 e. The number of aromatic nitrogens is 3. The van der Waals surface area contributed by atoms with Gasteiger partial charge in [0.15, 0.2) is 5.88 Å². The largest absolute Gasteiger partial charge is 0.494 e. The van der Waals surface area contributed by atoms with Crippen LogP contribution < -0.4 is 9.64 Å². The van der Waals surface area contributed by atoms with Gasteiger partial charge in [-0.3, -0.25) is 14.7 Å². The van der Waals surface area contributed by atoms with Crippen molar-refractivity contribution in [2.24, 2.45) is 4.99 Å². The molecule has 35 heavy (non-hydrogen) atoms. The molecule has 3 aliphatic rings. The van der Waals surface area contributed by atoms with Crippen molar-refractivity contribution in [3.05, 3.63) is 36.2 Å². The topological polar surface area (TPSA) is 110 Å². The summed E-state index contributed by atoms with van der Waals surface area (Å²) in [5, 5.41) is 11.3. The fraction of sp³-hybridized carbons (Fsp3) is 0.440. The second kappa shape index (κ2) is 10.3. The Balaban J connectivity index is 1.50. The van der Waals surface area contributed by atoms with E-state index in [1.807, 2.05) is 29.2 Å². The fourth-order valence-electron chi connectivity index (χ4n) is 4.70. The molecule has 1 aromatic carbocycles. The summed E-state index contributed by atoms with van der Waals surface area (Å²) in [4.78, 5) is 35.7. The molecule has 184 valence electrons. The van der Waals surface area contributed by atoms with Crippen molar-refractivity contribution in [1.82, 2.24) is 24.8 Å². The van der Waals surface area contributed by atoms with Gasteiger partial charge in [-0.15, -0.1) is 0 Å². The van der Waals surface area contributed by atoms with Crippen molar-refractivity contribution in [3.8, 4) is 11.6 Å². The number of hydrogen-bond donors (Lipinski definition) is 2. The predicted octanol–water partition coefficient (Wildman–Crippen LogP) is 2.56. The van der Waals surface area contributed by atoms with Gasteiger partial charge in [-0.1, -0.05) is 13.0 Å². The van der Waals surface area contributed by atoms with Gasteiger partial charge in [0.05, 0.1) is 29.8 Å². The summed E-state index contributed by atoms with van der Waals surface area (Å²) >= 11 is 0. The summed E-state index contributed by atoms with van der Waals surface area (Å²) in [7, 11) is 0.